The van der Waals surface area contributed by atoms with Crippen LogP contribution in [-0.4, -0.2) is 51.4 Å². The number of likely N-dealkylation sites (tertiary alicyclic amines) is 1. The highest BCUT2D eigenvalue weighted by atomic mass is 19.2. The molecule has 3 aliphatic rings. The molecule has 0 spiro atoms. The lowest BCUT2D eigenvalue weighted by atomic mass is 9.78. The number of carbonyl (C=O) groups is 1. The Labute approximate surface area is 250 Å². The summed E-state index contributed by atoms with van der Waals surface area (Å²) in [6, 6.07) is 3.84. The van der Waals surface area contributed by atoms with Gasteiger partial charge in [-0.1, -0.05) is 63.3 Å². The molecule has 2 aliphatic carbocycles. The Hall–Kier alpha value is -2.80. The highest BCUT2D eigenvalue weighted by Gasteiger charge is 2.30. The van der Waals surface area contributed by atoms with Crippen molar-refractivity contribution in [2.75, 3.05) is 26.2 Å². The van der Waals surface area contributed by atoms with Gasteiger partial charge in [-0.25, -0.2) is 13.8 Å². The lowest BCUT2D eigenvalue weighted by Crippen LogP contribution is -2.40. The molecule has 0 radical (unpaired) electrons. The zero-order valence-electron chi connectivity index (χ0n) is 25.6. The first-order chi connectivity index (χ1) is 20.5. The summed E-state index contributed by atoms with van der Waals surface area (Å²) in [6.45, 7) is 9.48. The topological polar surface area (TPSA) is 41.4 Å². The maximum atomic E-state index is 14.7. The van der Waals surface area contributed by atoms with E-state index in [1.54, 1.807) is 4.90 Å². The fraction of sp³-hybridized carbons (Fsp3) is 0.600. The van der Waals surface area contributed by atoms with Gasteiger partial charge in [0, 0.05) is 19.6 Å². The molecule has 1 saturated heterocycles. The molecule has 2 fully saturated rings. The minimum Gasteiger partial charge on any atom is -0.331 e. The van der Waals surface area contributed by atoms with Crippen molar-refractivity contribution in [3.63, 3.8) is 0 Å². The molecule has 42 heavy (non-hydrogen) atoms. The summed E-state index contributed by atoms with van der Waals surface area (Å²) in [5.74, 6) is -0.520. The summed E-state index contributed by atoms with van der Waals surface area (Å²) in [6.07, 6.45) is 19.2. The van der Waals surface area contributed by atoms with Crippen LogP contribution in [0.3, 0.4) is 0 Å². The number of rotatable bonds is 11. The van der Waals surface area contributed by atoms with Crippen molar-refractivity contribution in [2.24, 2.45) is 11.8 Å². The van der Waals surface area contributed by atoms with Crippen LogP contribution in [0.15, 0.2) is 29.8 Å². The zero-order valence-corrected chi connectivity index (χ0v) is 25.6. The molecule has 5 nitrogen and oxygen atoms in total. The third-order valence-corrected chi connectivity index (χ3v) is 9.61. The van der Waals surface area contributed by atoms with Crippen LogP contribution in [0, 0.1) is 23.5 Å². The summed E-state index contributed by atoms with van der Waals surface area (Å²) in [7, 11) is 0. The lowest BCUT2D eigenvalue weighted by Gasteiger charge is -2.37. The Balaban J connectivity index is 1.49. The average Bonchev–Trinajstić information content (AvgIpc) is 3.18. The van der Waals surface area contributed by atoms with E-state index >= 15 is 0 Å². The molecule has 2 heterocycles. The largest absolute Gasteiger partial charge is 0.331 e. The molecule has 1 amide bonds. The van der Waals surface area contributed by atoms with Crippen LogP contribution in [0.2, 0.25) is 0 Å². The third kappa shape index (κ3) is 7.21. The van der Waals surface area contributed by atoms with Crippen molar-refractivity contribution in [2.45, 2.75) is 97.6 Å². The number of carbonyl (C=O) groups excluding carboxylic acids is 1. The van der Waals surface area contributed by atoms with Gasteiger partial charge in [-0.05, 0) is 88.1 Å². The van der Waals surface area contributed by atoms with E-state index in [0.717, 1.165) is 54.8 Å². The van der Waals surface area contributed by atoms with E-state index in [0.29, 0.717) is 18.4 Å². The Kier molecular flexibility index (Phi) is 10.6. The number of allylic oxidation sites excluding steroid dienone is 2. The Morgan fingerprint density at radius 3 is 2.50 bits per heavy atom. The van der Waals surface area contributed by atoms with Crippen molar-refractivity contribution in [3.8, 4) is 0 Å². The van der Waals surface area contributed by atoms with E-state index in [1.165, 1.54) is 82.3 Å². The molecular formula is C35H48F2N4O. The first-order valence-corrected chi connectivity index (χ1v) is 16.4. The number of halogens is 2. The minimum atomic E-state index is -1.08. The second-order valence-electron chi connectivity index (χ2n) is 12.5. The van der Waals surface area contributed by atoms with Gasteiger partial charge in [-0.2, -0.15) is 0 Å². The summed E-state index contributed by atoms with van der Waals surface area (Å²) < 4.78 is 31.2. The number of piperidine rings is 1. The van der Waals surface area contributed by atoms with Crippen molar-refractivity contribution < 1.29 is 13.6 Å². The first-order valence-electron chi connectivity index (χ1n) is 16.4. The number of benzene rings is 1. The average molecular weight is 579 g/mol. The quantitative estimate of drug-likeness (QED) is 0.319. The Morgan fingerprint density at radius 1 is 1.00 bits per heavy atom. The summed E-state index contributed by atoms with van der Waals surface area (Å²) in [5.41, 5.74) is 1.16. The summed E-state index contributed by atoms with van der Waals surface area (Å²) in [4.78, 5) is 23.1. The molecule has 5 rings (SSSR count). The fourth-order valence-corrected chi connectivity index (χ4v) is 7.02. The molecule has 1 aromatic heterocycles. The summed E-state index contributed by atoms with van der Waals surface area (Å²) in [5, 5.41) is 2.07. The third-order valence-electron chi connectivity index (χ3n) is 9.61. The second-order valence-corrected chi connectivity index (χ2v) is 12.5. The molecule has 2 unspecified atom stereocenters. The van der Waals surface area contributed by atoms with Crippen LogP contribution in [0.1, 0.15) is 101 Å². The molecule has 7 heteroatoms. The standard InChI is InChI=1S/C35H48F2N4O/c1-3-5-22-40(35(42)29-14-11-15-30(36)34(29)37)25-33-38-31-18-16-26(4-2)17-19-32(31)41(33)24-28-13-8-7-12-27(28)23-39-20-9-6-10-21-39/h11,14-15,17-19,27-28H,3-10,12-13,16,20-25H2,1-2H3. The Morgan fingerprint density at radius 2 is 1.76 bits per heavy atom. The van der Waals surface area contributed by atoms with E-state index in [9.17, 15) is 13.6 Å². The van der Waals surface area contributed by atoms with E-state index in [-0.39, 0.29) is 12.1 Å². The van der Waals surface area contributed by atoms with Gasteiger partial charge >= 0.3 is 0 Å². The molecule has 2 atom stereocenters. The Bertz CT molecular complexity index is 1370. The highest BCUT2D eigenvalue weighted by molar-refractivity contribution is 5.94. The van der Waals surface area contributed by atoms with E-state index in [4.69, 9.17) is 4.98 Å². The van der Waals surface area contributed by atoms with Gasteiger partial charge in [0.05, 0.1) is 22.8 Å². The highest BCUT2D eigenvalue weighted by Crippen LogP contribution is 2.33. The molecule has 228 valence electrons. The van der Waals surface area contributed by atoms with E-state index < -0.39 is 17.5 Å². The number of amides is 1. The second kappa shape index (κ2) is 14.6. The minimum absolute atomic E-state index is 0.215. The van der Waals surface area contributed by atoms with Gasteiger partial charge in [0.2, 0.25) is 0 Å². The number of fused-ring (bicyclic) bond motifs is 1. The molecule has 1 aromatic carbocycles. The van der Waals surface area contributed by atoms with Gasteiger partial charge in [0.25, 0.3) is 5.91 Å². The predicted octanol–water partition coefficient (Wildman–Crippen LogP) is 6.20. The monoisotopic (exact) mass is 578 g/mol. The van der Waals surface area contributed by atoms with Crippen molar-refractivity contribution in [3.05, 3.63) is 63.6 Å². The molecule has 1 aliphatic heterocycles. The van der Waals surface area contributed by atoms with Crippen molar-refractivity contribution >= 4 is 18.1 Å². The number of aromatic nitrogens is 2. The van der Waals surface area contributed by atoms with E-state index in [2.05, 4.69) is 41.5 Å². The number of unbranched alkanes of at least 4 members (excludes halogenated alkanes) is 1. The van der Waals surface area contributed by atoms with Gasteiger partial charge in [-0.3, -0.25) is 4.79 Å². The van der Waals surface area contributed by atoms with Gasteiger partial charge in [0.1, 0.15) is 5.82 Å². The SMILES string of the molecule is CCCCN(Cc1nc2c(n1CC1CCCCC1CN1CCCCC1)=CC=C(CC)CC=2)C(=O)c1cccc(F)c1F. The van der Waals surface area contributed by atoms with Crippen LogP contribution in [0.5, 0.6) is 0 Å². The van der Waals surface area contributed by atoms with E-state index in [1.807, 2.05) is 0 Å². The first kappa shape index (κ1) is 30.7. The van der Waals surface area contributed by atoms with Crippen LogP contribution >= 0.6 is 0 Å². The van der Waals surface area contributed by atoms with Crippen molar-refractivity contribution in [1.82, 2.24) is 19.4 Å². The predicted molar refractivity (Wildman–Crippen MR) is 165 cm³/mol. The lowest BCUT2D eigenvalue weighted by molar-refractivity contribution is 0.0726. The number of hydrogen-bond donors (Lipinski definition) is 0. The zero-order chi connectivity index (χ0) is 29.5. The normalized spacial score (nSPS) is 21.1. The van der Waals surface area contributed by atoms with Gasteiger partial charge in [-0.15, -0.1) is 0 Å². The number of imidazole rings is 1. The molecule has 1 saturated carbocycles. The molecule has 0 bridgehead atoms. The van der Waals surface area contributed by atoms with Crippen LogP contribution in [-0.2, 0) is 13.1 Å². The molecular weight excluding hydrogens is 530 g/mol. The van der Waals surface area contributed by atoms with Gasteiger partial charge in [0.15, 0.2) is 11.6 Å². The molecule has 2 aromatic rings. The van der Waals surface area contributed by atoms with Crippen LogP contribution < -0.4 is 10.7 Å². The van der Waals surface area contributed by atoms with Crippen molar-refractivity contribution in [1.29, 1.82) is 0 Å². The number of nitrogens with zero attached hydrogens (tertiary/aromatic N) is 4. The fourth-order valence-electron chi connectivity index (χ4n) is 7.02. The number of hydrogen-bond acceptors (Lipinski definition) is 3. The summed E-state index contributed by atoms with van der Waals surface area (Å²) >= 11 is 0. The van der Waals surface area contributed by atoms with Crippen LogP contribution in [0.4, 0.5) is 8.78 Å². The van der Waals surface area contributed by atoms with Crippen LogP contribution in [0.25, 0.3) is 12.2 Å². The maximum absolute atomic E-state index is 14.7. The smallest absolute Gasteiger partial charge is 0.257 e. The van der Waals surface area contributed by atoms with Gasteiger partial charge < -0.3 is 14.4 Å². The maximum Gasteiger partial charge on any atom is 0.257 e. The molecule has 0 N–H and O–H groups in total.